The maximum atomic E-state index is 13.2. The lowest BCUT2D eigenvalue weighted by atomic mass is 9.73. The molecule has 1 aliphatic heterocycles. The third kappa shape index (κ3) is 3.88. The summed E-state index contributed by atoms with van der Waals surface area (Å²) in [7, 11) is 1.87. The number of amides is 1. The van der Waals surface area contributed by atoms with Crippen molar-refractivity contribution < 1.29 is 18.3 Å². The first-order valence-electron chi connectivity index (χ1n) is 9.81. The molecule has 154 valence electrons. The fourth-order valence-electron chi connectivity index (χ4n) is 3.91. The van der Waals surface area contributed by atoms with Crippen LogP contribution < -0.4 is 15.0 Å². The second-order valence-corrected chi connectivity index (χ2v) is 7.99. The highest BCUT2D eigenvalue weighted by Crippen LogP contribution is 2.37. The van der Waals surface area contributed by atoms with Gasteiger partial charge in [0.25, 0.3) is 0 Å². The summed E-state index contributed by atoms with van der Waals surface area (Å²) in [4.78, 5) is 23.2. The molecule has 1 fully saturated rings. The molecule has 8 heteroatoms. The van der Waals surface area contributed by atoms with Crippen molar-refractivity contribution in [3.05, 3.63) is 41.4 Å². The number of anilines is 2. The quantitative estimate of drug-likeness (QED) is 0.829. The summed E-state index contributed by atoms with van der Waals surface area (Å²) in [6.07, 6.45) is 2.73. The third-order valence-electron chi connectivity index (χ3n) is 5.84. The molecular formula is C21H24F2N4O2. The number of carbonyl (C=O) groups excluding carboxylic acids is 1. The summed E-state index contributed by atoms with van der Waals surface area (Å²) in [5.74, 6) is 0.909. The van der Waals surface area contributed by atoms with E-state index in [0.717, 1.165) is 48.7 Å². The Morgan fingerprint density at radius 3 is 2.69 bits per heavy atom. The molecule has 4 rings (SSSR count). The smallest absolute Gasteiger partial charge is 0.246 e. The van der Waals surface area contributed by atoms with Crippen molar-refractivity contribution in [2.75, 3.05) is 23.9 Å². The molecule has 1 aliphatic carbocycles. The molecule has 0 unspecified atom stereocenters. The van der Waals surface area contributed by atoms with Crippen LogP contribution in [-0.4, -0.2) is 35.6 Å². The lowest BCUT2D eigenvalue weighted by Gasteiger charge is -2.36. The number of benzene rings is 1. The van der Waals surface area contributed by atoms with Crippen LogP contribution in [-0.2, 0) is 11.2 Å². The van der Waals surface area contributed by atoms with Gasteiger partial charge in [-0.05, 0) is 50.7 Å². The van der Waals surface area contributed by atoms with Crippen LogP contribution >= 0.6 is 0 Å². The Balaban J connectivity index is 1.33. The first kappa shape index (κ1) is 19.5. The number of nitrogens with one attached hydrogen (secondary N) is 1. The van der Waals surface area contributed by atoms with Gasteiger partial charge in [0.05, 0.1) is 12.3 Å². The molecule has 2 aliphatic rings. The second kappa shape index (κ2) is 7.57. The van der Waals surface area contributed by atoms with Gasteiger partial charge in [0.2, 0.25) is 5.91 Å². The minimum atomic E-state index is -0.899. The topological polar surface area (TPSA) is 67.4 Å². The Kier molecular flexibility index (Phi) is 5.10. The minimum Gasteiger partial charge on any atom is -0.493 e. The number of fused-ring (bicyclic) bond motifs is 1. The summed E-state index contributed by atoms with van der Waals surface area (Å²) in [6, 6.07) is 3.32. The van der Waals surface area contributed by atoms with Crippen LogP contribution in [0, 0.1) is 30.4 Å². The van der Waals surface area contributed by atoms with Crippen LogP contribution in [0.25, 0.3) is 0 Å². The summed E-state index contributed by atoms with van der Waals surface area (Å²) in [5.41, 5.74) is 1.46. The van der Waals surface area contributed by atoms with Gasteiger partial charge >= 0.3 is 0 Å². The Morgan fingerprint density at radius 1 is 1.21 bits per heavy atom. The van der Waals surface area contributed by atoms with Crippen LogP contribution in [0.15, 0.2) is 18.2 Å². The van der Waals surface area contributed by atoms with Gasteiger partial charge in [-0.15, -0.1) is 0 Å². The molecule has 2 aromatic rings. The average Bonchev–Trinajstić information content (AvgIpc) is 2.65. The van der Waals surface area contributed by atoms with Crippen molar-refractivity contribution in [3.63, 3.8) is 0 Å². The number of aryl methyl sites for hydroxylation is 1. The minimum absolute atomic E-state index is 0.0534. The van der Waals surface area contributed by atoms with E-state index in [4.69, 9.17) is 9.72 Å². The zero-order chi connectivity index (χ0) is 20.7. The van der Waals surface area contributed by atoms with Crippen molar-refractivity contribution in [2.24, 2.45) is 11.8 Å². The zero-order valence-electron chi connectivity index (χ0n) is 16.7. The van der Waals surface area contributed by atoms with E-state index in [9.17, 15) is 13.6 Å². The SMILES string of the molecule is Cc1nc(CC2CC(COc3ccc(F)c(F)c3)C2)nc2c1NC(=O)[C@H](C)N2C. The van der Waals surface area contributed by atoms with E-state index < -0.39 is 11.6 Å². The average molecular weight is 402 g/mol. The fraction of sp³-hybridized carbons (Fsp3) is 0.476. The number of halogens is 2. The van der Waals surface area contributed by atoms with E-state index in [1.54, 1.807) is 0 Å². The maximum absolute atomic E-state index is 13.2. The van der Waals surface area contributed by atoms with Gasteiger partial charge < -0.3 is 15.0 Å². The van der Waals surface area contributed by atoms with Crippen molar-refractivity contribution in [1.29, 1.82) is 0 Å². The van der Waals surface area contributed by atoms with Gasteiger partial charge in [-0.3, -0.25) is 4.79 Å². The largest absolute Gasteiger partial charge is 0.493 e. The molecule has 1 saturated carbocycles. The Labute approximate surface area is 168 Å². The van der Waals surface area contributed by atoms with Gasteiger partial charge in [-0.1, -0.05) is 0 Å². The van der Waals surface area contributed by atoms with Crippen LogP contribution in [0.1, 0.15) is 31.3 Å². The van der Waals surface area contributed by atoms with E-state index in [2.05, 4.69) is 10.3 Å². The van der Waals surface area contributed by atoms with Crippen molar-refractivity contribution >= 4 is 17.4 Å². The molecule has 2 heterocycles. The van der Waals surface area contributed by atoms with E-state index in [-0.39, 0.29) is 11.9 Å². The lowest BCUT2D eigenvalue weighted by molar-refractivity contribution is -0.117. The number of hydrogen-bond donors (Lipinski definition) is 1. The van der Waals surface area contributed by atoms with Crippen molar-refractivity contribution in [2.45, 2.75) is 39.2 Å². The first-order chi connectivity index (χ1) is 13.8. The number of hydrogen-bond acceptors (Lipinski definition) is 5. The maximum Gasteiger partial charge on any atom is 0.246 e. The van der Waals surface area contributed by atoms with Crippen molar-refractivity contribution in [1.82, 2.24) is 9.97 Å². The molecule has 0 radical (unpaired) electrons. The molecule has 0 spiro atoms. The third-order valence-corrected chi connectivity index (χ3v) is 5.84. The van der Waals surface area contributed by atoms with Gasteiger partial charge in [0, 0.05) is 19.5 Å². The molecule has 1 N–H and O–H groups in total. The predicted octanol–water partition coefficient (Wildman–Crippen LogP) is 3.49. The summed E-state index contributed by atoms with van der Waals surface area (Å²) >= 11 is 0. The Bertz CT molecular complexity index is 947. The van der Waals surface area contributed by atoms with Gasteiger partial charge in [0.15, 0.2) is 17.5 Å². The molecule has 1 atom stereocenters. The summed E-state index contributed by atoms with van der Waals surface area (Å²) in [5, 5.41) is 2.89. The number of ether oxygens (including phenoxy) is 1. The highest BCUT2D eigenvalue weighted by molar-refractivity contribution is 6.02. The number of rotatable bonds is 5. The first-order valence-corrected chi connectivity index (χ1v) is 9.81. The molecule has 6 nitrogen and oxygen atoms in total. The van der Waals surface area contributed by atoms with E-state index in [1.165, 1.54) is 6.07 Å². The van der Waals surface area contributed by atoms with Gasteiger partial charge in [-0.25, -0.2) is 18.7 Å². The lowest BCUT2D eigenvalue weighted by Crippen LogP contribution is -2.45. The normalized spacial score (nSPS) is 23.3. The van der Waals surface area contributed by atoms with Crippen molar-refractivity contribution in [3.8, 4) is 5.75 Å². The molecule has 0 bridgehead atoms. The highest BCUT2D eigenvalue weighted by atomic mass is 19.2. The van der Waals surface area contributed by atoms with E-state index >= 15 is 0 Å². The fourth-order valence-corrected chi connectivity index (χ4v) is 3.91. The van der Waals surface area contributed by atoms with Crippen LogP contribution in [0.4, 0.5) is 20.3 Å². The van der Waals surface area contributed by atoms with Crippen LogP contribution in [0.2, 0.25) is 0 Å². The monoisotopic (exact) mass is 402 g/mol. The molecule has 29 heavy (non-hydrogen) atoms. The number of likely N-dealkylation sites (N-methyl/N-ethyl adjacent to an activating group) is 1. The second-order valence-electron chi connectivity index (χ2n) is 7.99. The Hall–Kier alpha value is -2.77. The molecule has 0 saturated heterocycles. The van der Waals surface area contributed by atoms with Crippen LogP contribution in [0.3, 0.4) is 0 Å². The standard InChI is InChI=1S/C21H24F2N4O2/c1-11-19-20(27(3)12(2)21(28)26-19)25-18(24-11)8-13-6-14(7-13)10-29-15-4-5-16(22)17(23)9-15/h4-5,9,12-14H,6-8,10H2,1-3H3,(H,26,28)/t12-,13?,14?/m0/s1. The zero-order valence-corrected chi connectivity index (χ0v) is 16.7. The summed E-state index contributed by atoms with van der Waals surface area (Å²) in [6.45, 7) is 4.21. The van der Waals surface area contributed by atoms with Crippen LogP contribution in [0.5, 0.6) is 5.75 Å². The van der Waals surface area contributed by atoms with Gasteiger partial charge in [-0.2, -0.15) is 0 Å². The van der Waals surface area contributed by atoms with Gasteiger partial charge in [0.1, 0.15) is 23.3 Å². The van der Waals surface area contributed by atoms with E-state index in [0.29, 0.717) is 29.9 Å². The Morgan fingerprint density at radius 2 is 1.97 bits per heavy atom. The summed E-state index contributed by atoms with van der Waals surface area (Å²) < 4.78 is 31.8. The number of nitrogens with zero attached hydrogens (tertiary/aromatic N) is 3. The van der Waals surface area contributed by atoms with E-state index in [1.807, 2.05) is 25.8 Å². The molecule has 1 amide bonds. The highest BCUT2D eigenvalue weighted by Gasteiger charge is 2.33. The molecule has 1 aromatic heterocycles. The molecule has 1 aromatic carbocycles. The number of carbonyl (C=O) groups is 1. The number of aromatic nitrogens is 2. The predicted molar refractivity (Wildman–Crippen MR) is 105 cm³/mol. The molecular weight excluding hydrogens is 378 g/mol.